The maximum absolute atomic E-state index is 5.40. The Morgan fingerprint density at radius 2 is 2.50 bits per heavy atom. The van der Waals surface area contributed by atoms with Gasteiger partial charge in [-0.2, -0.15) is 0 Å². The molecule has 1 unspecified atom stereocenters. The molecule has 0 aromatic rings. The van der Waals surface area contributed by atoms with Crippen LogP contribution in [0.15, 0.2) is 0 Å². The van der Waals surface area contributed by atoms with Crippen molar-refractivity contribution in [3.8, 4) is 0 Å². The molecule has 3 nitrogen and oxygen atoms in total. The van der Waals surface area contributed by atoms with Crippen molar-refractivity contribution in [2.45, 2.75) is 19.4 Å². The summed E-state index contributed by atoms with van der Waals surface area (Å²) in [5.74, 6) is 0. The van der Waals surface area contributed by atoms with E-state index in [0.29, 0.717) is 6.04 Å². The third-order valence-electron chi connectivity index (χ3n) is 2.03. The van der Waals surface area contributed by atoms with Gasteiger partial charge in [0.25, 0.3) is 0 Å². The summed E-state index contributed by atoms with van der Waals surface area (Å²) >= 11 is 0. The van der Waals surface area contributed by atoms with Crippen molar-refractivity contribution in [1.82, 2.24) is 10.2 Å². The van der Waals surface area contributed by atoms with Gasteiger partial charge < -0.3 is 11.1 Å². The summed E-state index contributed by atoms with van der Waals surface area (Å²) in [6, 6.07) is 0.701. The van der Waals surface area contributed by atoms with E-state index in [1.165, 1.54) is 0 Å². The average molecular weight is 143 g/mol. The Balaban J connectivity index is 2.14. The molecule has 60 valence electrons. The Hall–Kier alpha value is -0.120. The van der Waals surface area contributed by atoms with E-state index in [2.05, 4.69) is 17.1 Å². The van der Waals surface area contributed by atoms with Crippen LogP contribution in [0.5, 0.6) is 0 Å². The molecule has 0 spiro atoms. The average Bonchev–Trinajstić information content (AvgIpc) is 2.31. The molecule has 0 aromatic carbocycles. The zero-order valence-corrected chi connectivity index (χ0v) is 6.64. The zero-order valence-electron chi connectivity index (χ0n) is 6.64. The highest BCUT2D eigenvalue weighted by Crippen LogP contribution is 2.02. The molecule has 0 bridgehead atoms. The van der Waals surface area contributed by atoms with E-state index in [1.54, 1.807) is 0 Å². The normalized spacial score (nSPS) is 27.6. The minimum absolute atomic E-state index is 0.701. The third-order valence-corrected chi connectivity index (χ3v) is 2.03. The van der Waals surface area contributed by atoms with Crippen molar-refractivity contribution in [2.24, 2.45) is 5.73 Å². The predicted octanol–water partition coefficient (Wildman–Crippen LogP) is -0.414. The first-order chi connectivity index (χ1) is 4.84. The monoisotopic (exact) mass is 143 g/mol. The van der Waals surface area contributed by atoms with Gasteiger partial charge in [-0.25, -0.2) is 0 Å². The standard InChI is InChI=1S/C7H17N3/c1-7-5-9-6-10(7)4-2-3-8/h7,9H,2-6,8H2,1H3. The molecule has 1 atom stereocenters. The van der Waals surface area contributed by atoms with Crippen molar-refractivity contribution in [3.63, 3.8) is 0 Å². The summed E-state index contributed by atoms with van der Waals surface area (Å²) in [6.07, 6.45) is 1.12. The maximum Gasteiger partial charge on any atom is 0.0484 e. The lowest BCUT2D eigenvalue weighted by Gasteiger charge is -2.18. The largest absolute Gasteiger partial charge is 0.330 e. The molecule has 1 saturated heterocycles. The predicted molar refractivity (Wildman–Crippen MR) is 42.7 cm³/mol. The topological polar surface area (TPSA) is 41.3 Å². The molecule has 1 rings (SSSR count). The molecule has 0 aromatic heterocycles. The molecule has 1 aliphatic rings. The SMILES string of the molecule is CC1CNCN1CCCN. The Morgan fingerprint density at radius 1 is 1.70 bits per heavy atom. The molecular formula is C7H17N3. The Labute approximate surface area is 62.6 Å². The van der Waals surface area contributed by atoms with Gasteiger partial charge in [-0.3, -0.25) is 4.90 Å². The van der Waals surface area contributed by atoms with Crippen LogP contribution in [0.4, 0.5) is 0 Å². The van der Waals surface area contributed by atoms with E-state index < -0.39 is 0 Å². The molecule has 0 amide bonds. The zero-order chi connectivity index (χ0) is 7.40. The third kappa shape index (κ3) is 1.94. The van der Waals surface area contributed by atoms with Gasteiger partial charge in [0.2, 0.25) is 0 Å². The Kier molecular flexibility index (Phi) is 3.12. The van der Waals surface area contributed by atoms with Crippen molar-refractivity contribution in [3.05, 3.63) is 0 Å². The number of hydrogen-bond acceptors (Lipinski definition) is 3. The van der Waals surface area contributed by atoms with E-state index in [0.717, 1.165) is 32.7 Å². The summed E-state index contributed by atoms with van der Waals surface area (Å²) < 4.78 is 0. The van der Waals surface area contributed by atoms with Gasteiger partial charge in [0, 0.05) is 25.8 Å². The van der Waals surface area contributed by atoms with Gasteiger partial charge in [-0.05, 0) is 19.9 Å². The lowest BCUT2D eigenvalue weighted by atomic mass is 10.3. The molecule has 1 heterocycles. The van der Waals surface area contributed by atoms with Crippen LogP contribution in [-0.4, -0.2) is 37.2 Å². The Morgan fingerprint density at radius 3 is 3.00 bits per heavy atom. The maximum atomic E-state index is 5.40. The lowest BCUT2D eigenvalue weighted by molar-refractivity contribution is 0.270. The summed E-state index contributed by atoms with van der Waals surface area (Å²) in [7, 11) is 0. The van der Waals surface area contributed by atoms with Crippen molar-refractivity contribution in [1.29, 1.82) is 0 Å². The first-order valence-corrected chi connectivity index (χ1v) is 3.99. The van der Waals surface area contributed by atoms with Crippen LogP contribution < -0.4 is 11.1 Å². The minimum Gasteiger partial charge on any atom is -0.330 e. The summed E-state index contributed by atoms with van der Waals surface area (Å²) in [6.45, 7) is 6.37. The van der Waals surface area contributed by atoms with Crippen LogP contribution in [0.25, 0.3) is 0 Å². The van der Waals surface area contributed by atoms with E-state index in [4.69, 9.17) is 5.73 Å². The fourth-order valence-corrected chi connectivity index (χ4v) is 1.30. The van der Waals surface area contributed by atoms with Gasteiger partial charge in [0.1, 0.15) is 0 Å². The quantitative estimate of drug-likeness (QED) is 0.564. The fourth-order valence-electron chi connectivity index (χ4n) is 1.30. The molecule has 1 aliphatic heterocycles. The van der Waals surface area contributed by atoms with Crippen LogP contribution >= 0.6 is 0 Å². The van der Waals surface area contributed by atoms with Crippen molar-refractivity contribution >= 4 is 0 Å². The van der Waals surface area contributed by atoms with Crippen LogP contribution in [0.3, 0.4) is 0 Å². The fraction of sp³-hybridized carbons (Fsp3) is 1.00. The van der Waals surface area contributed by atoms with Crippen LogP contribution in [0, 0.1) is 0 Å². The van der Waals surface area contributed by atoms with Gasteiger partial charge >= 0.3 is 0 Å². The second-order valence-corrected chi connectivity index (χ2v) is 2.92. The van der Waals surface area contributed by atoms with E-state index >= 15 is 0 Å². The molecule has 0 saturated carbocycles. The first kappa shape index (κ1) is 7.98. The van der Waals surface area contributed by atoms with Crippen molar-refractivity contribution < 1.29 is 0 Å². The smallest absolute Gasteiger partial charge is 0.0484 e. The molecule has 0 aliphatic carbocycles. The number of nitrogens with zero attached hydrogens (tertiary/aromatic N) is 1. The van der Waals surface area contributed by atoms with E-state index in [9.17, 15) is 0 Å². The van der Waals surface area contributed by atoms with Gasteiger partial charge in [-0.15, -0.1) is 0 Å². The van der Waals surface area contributed by atoms with Gasteiger partial charge in [0.05, 0.1) is 0 Å². The highest BCUT2D eigenvalue weighted by atomic mass is 15.3. The number of rotatable bonds is 3. The minimum atomic E-state index is 0.701. The number of hydrogen-bond donors (Lipinski definition) is 2. The number of nitrogens with two attached hydrogens (primary N) is 1. The van der Waals surface area contributed by atoms with E-state index in [1.807, 2.05) is 0 Å². The van der Waals surface area contributed by atoms with Gasteiger partial charge in [0.15, 0.2) is 0 Å². The van der Waals surface area contributed by atoms with Crippen LogP contribution in [-0.2, 0) is 0 Å². The highest BCUT2D eigenvalue weighted by Gasteiger charge is 2.17. The second kappa shape index (κ2) is 3.91. The van der Waals surface area contributed by atoms with E-state index in [-0.39, 0.29) is 0 Å². The van der Waals surface area contributed by atoms with Gasteiger partial charge in [-0.1, -0.05) is 0 Å². The highest BCUT2D eigenvalue weighted by molar-refractivity contribution is 4.75. The summed E-state index contributed by atoms with van der Waals surface area (Å²) in [5.41, 5.74) is 5.40. The van der Waals surface area contributed by atoms with Crippen LogP contribution in [0.1, 0.15) is 13.3 Å². The molecule has 3 heteroatoms. The number of nitrogens with one attached hydrogen (secondary N) is 1. The molecule has 1 fully saturated rings. The molecule has 3 N–H and O–H groups in total. The first-order valence-electron chi connectivity index (χ1n) is 3.99. The second-order valence-electron chi connectivity index (χ2n) is 2.92. The Bertz CT molecular complexity index is 94.9. The summed E-state index contributed by atoms with van der Waals surface area (Å²) in [5, 5.41) is 3.32. The van der Waals surface area contributed by atoms with Crippen LogP contribution in [0.2, 0.25) is 0 Å². The molecule has 10 heavy (non-hydrogen) atoms. The lowest BCUT2D eigenvalue weighted by Crippen LogP contribution is -2.30. The molecule has 0 radical (unpaired) electrons. The van der Waals surface area contributed by atoms with Crippen molar-refractivity contribution in [2.75, 3.05) is 26.3 Å². The molecular weight excluding hydrogens is 126 g/mol. The summed E-state index contributed by atoms with van der Waals surface area (Å²) in [4.78, 5) is 2.42.